The van der Waals surface area contributed by atoms with Crippen LogP contribution in [0.2, 0.25) is 0 Å². The van der Waals surface area contributed by atoms with E-state index in [4.69, 9.17) is 11.6 Å². The van der Waals surface area contributed by atoms with Crippen molar-refractivity contribution < 1.29 is 0 Å². The zero-order valence-corrected chi connectivity index (χ0v) is 13.2. The molecule has 3 rings (SSSR count). The number of rotatable bonds is 3. The maximum absolute atomic E-state index is 6.64. The van der Waals surface area contributed by atoms with Crippen LogP contribution in [0.25, 0.3) is 10.8 Å². The van der Waals surface area contributed by atoms with Crippen molar-refractivity contribution in [1.29, 1.82) is 0 Å². The van der Waals surface area contributed by atoms with E-state index in [2.05, 4.69) is 74.5 Å². The molecule has 0 aliphatic heterocycles. The number of hydrogen-bond donors (Lipinski definition) is 0. The fraction of sp³-hybridized carbons (Fsp3) is 0.200. The Labute approximate surface area is 131 Å². The monoisotopic (exact) mass is 294 g/mol. The summed E-state index contributed by atoms with van der Waals surface area (Å²) in [6, 6.07) is 21.6. The molecule has 0 aromatic heterocycles. The van der Waals surface area contributed by atoms with Gasteiger partial charge in [-0.3, -0.25) is 0 Å². The maximum Gasteiger partial charge on any atom is 0.0625 e. The molecule has 3 aromatic carbocycles. The number of hydrogen-bond acceptors (Lipinski definition) is 0. The Bertz CT molecular complexity index is 753. The first-order valence-electron chi connectivity index (χ1n) is 7.32. The van der Waals surface area contributed by atoms with Gasteiger partial charge in [0.05, 0.1) is 5.38 Å². The van der Waals surface area contributed by atoms with E-state index < -0.39 is 0 Å². The van der Waals surface area contributed by atoms with E-state index in [1.165, 1.54) is 33.0 Å². The number of alkyl halides is 1. The number of aryl methyl sites for hydroxylation is 2. The van der Waals surface area contributed by atoms with Gasteiger partial charge in [-0.25, -0.2) is 0 Å². The zero-order valence-electron chi connectivity index (χ0n) is 12.4. The van der Waals surface area contributed by atoms with Gasteiger partial charge in [0.15, 0.2) is 0 Å². The molecular formula is C20H19Cl. The van der Waals surface area contributed by atoms with Gasteiger partial charge in [-0.2, -0.15) is 0 Å². The second-order valence-electron chi connectivity index (χ2n) is 5.77. The van der Waals surface area contributed by atoms with Crippen LogP contribution in [0, 0.1) is 13.8 Å². The van der Waals surface area contributed by atoms with Crippen molar-refractivity contribution in [3.63, 3.8) is 0 Å². The van der Waals surface area contributed by atoms with Crippen molar-refractivity contribution in [2.45, 2.75) is 25.6 Å². The zero-order chi connectivity index (χ0) is 14.8. The summed E-state index contributed by atoms with van der Waals surface area (Å²) in [5.74, 6) is 0. The third-order valence-corrected chi connectivity index (χ3v) is 4.24. The molecule has 0 amide bonds. The highest BCUT2D eigenvalue weighted by Crippen LogP contribution is 2.28. The highest BCUT2D eigenvalue weighted by atomic mass is 35.5. The van der Waals surface area contributed by atoms with Crippen molar-refractivity contribution in [2.75, 3.05) is 0 Å². The van der Waals surface area contributed by atoms with Crippen LogP contribution in [0.5, 0.6) is 0 Å². The Morgan fingerprint density at radius 3 is 2.19 bits per heavy atom. The van der Waals surface area contributed by atoms with Gasteiger partial charge in [-0.15, -0.1) is 11.6 Å². The summed E-state index contributed by atoms with van der Waals surface area (Å²) < 4.78 is 0. The molecule has 1 atom stereocenters. The van der Waals surface area contributed by atoms with Crippen LogP contribution in [0.15, 0.2) is 60.7 Å². The van der Waals surface area contributed by atoms with Crippen LogP contribution in [0.3, 0.4) is 0 Å². The summed E-state index contributed by atoms with van der Waals surface area (Å²) in [4.78, 5) is 0. The van der Waals surface area contributed by atoms with Crippen molar-refractivity contribution >= 4 is 22.4 Å². The highest BCUT2D eigenvalue weighted by molar-refractivity contribution is 6.21. The van der Waals surface area contributed by atoms with Gasteiger partial charge in [0, 0.05) is 0 Å². The van der Waals surface area contributed by atoms with Crippen molar-refractivity contribution in [1.82, 2.24) is 0 Å². The third-order valence-electron chi connectivity index (χ3n) is 3.83. The lowest BCUT2D eigenvalue weighted by Gasteiger charge is -2.12. The second kappa shape index (κ2) is 5.91. The quantitative estimate of drug-likeness (QED) is 0.521. The molecule has 0 aliphatic rings. The van der Waals surface area contributed by atoms with E-state index in [1.54, 1.807) is 0 Å². The molecule has 0 fully saturated rings. The predicted octanol–water partition coefficient (Wildman–Crippen LogP) is 5.98. The van der Waals surface area contributed by atoms with Gasteiger partial charge < -0.3 is 0 Å². The van der Waals surface area contributed by atoms with E-state index in [9.17, 15) is 0 Å². The van der Waals surface area contributed by atoms with E-state index >= 15 is 0 Å². The molecule has 1 unspecified atom stereocenters. The SMILES string of the molecule is Cc1cc(C)cc(C(Cl)Cc2ccc3ccccc3c2)c1. The van der Waals surface area contributed by atoms with Crippen molar-refractivity contribution in [3.05, 3.63) is 82.9 Å². The Morgan fingerprint density at radius 2 is 1.48 bits per heavy atom. The first-order valence-corrected chi connectivity index (χ1v) is 7.75. The molecule has 0 saturated heterocycles. The van der Waals surface area contributed by atoms with Crippen LogP contribution in [0.1, 0.15) is 27.6 Å². The van der Waals surface area contributed by atoms with E-state index in [0.29, 0.717) is 0 Å². The second-order valence-corrected chi connectivity index (χ2v) is 6.30. The summed E-state index contributed by atoms with van der Waals surface area (Å²) in [5, 5.41) is 2.57. The number of benzene rings is 3. The summed E-state index contributed by atoms with van der Waals surface area (Å²) in [6.45, 7) is 4.24. The molecule has 0 nitrogen and oxygen atoms in total. The minimum Gasteiger partial charge on any atom is -0.117 e. The summed E-state index contributed by atoms with van der Waals surface area (Å²) >= 11 is 6.64. The Balaban J connectivity index is 1.86. The lowest BCUT2D eigenvalue weighted by atomic mass is 9.98. The molecule has 3 aromatic rings. The maximum atomic E-state index is 6.64. The van der Waals surface area contributed by atoms with Crippen LogP contribution < -0.4 is 0 Å². The Morgan fingerprint density at radius 1 is 0.810 bits per heavy atom. The molecule has 0 saturated carbocycles. The molecule has 0 N–H and O–H groups in total. The Kier molecular flexibility index (Phi) is 3.98. The molecule has 0 heterocycles. The minimum atomic E-state index is 0.0183. The standard InChI is InChI=1S/C20H19Cl/c1-14-9-15(2)11-19(10-14)20(21)13-16-7-8-17-5-3-4-6-18(17)12-16/h3-12,20H,13H2,1-2H3. The molecular weight excluding hydrogens is 276 g/mol. The predicted molar refractivity (Wildman–Crippen MR) is 92.2 cm³/mol. The first kappa shape index (κ1) is 14.2. The third kappa shape index (κ3) is 3.28. The van der Waals surface area contributed by atoms with Gasteiger partial charge in [-0.05, 0) is 42.2 Å². The summed E-state index contributed by atoms with van der Waals surface area (Å²) in [7, 11) is 0. The Hall–Kier alpha value is -1.79. The van der Waals surface area contributed by atoms with Gasteiger partial charge in [0.2, 0.25) is 0 Å². The van der Waals surface area contributed by atoms with E-state index in [0.717, 1.165) is 6.42 Å². The average Bonchev–Trinajstić information content (AvgIpc) is 2.46. The smallest absolute Gasteiger partial charge is 0.0625 e. The average molecular weight is 295 g/mol. The molecule has 21 heavy (non-hydrogen) atoms. The summed E-state index contributed by atoms with van der Waals surface area (Å²) in [5.41, 5.74) is 5.04. The topological polar surface area (TPSA) is 0 Å². The van der Waals surface area contributed by atoms with Gasteiger partial charge >= 0.3 is 0 Å². The first-order chi connectivity index (χ1) is 10.1. The van der Waals surface area contributed by atoms with Crippen molar-refractivity contribution in [2.24, 2.45) is 0 Å². The molecule has 0 spiro atoms. The molecule has 0 radical (unpaired) electrons. The molecule has 1 heteroatoms. The van der Waals surface area contributed by atoms with Crippen LogP contribution >= 0.6 is 11.6 Å². The largest absolute Gasteiger partial charge is 0.117 e. The van der Waals surface area contributed by atoms with Crippen LogP contribution in [-0.4, -0.2) is 0 Å². The van der Waals surface area contributed by atoms with Gasteiger partial charge in [0.1, 0.15) is 0 Å². The van der Waals surface area contributed by atoms with E-state index in [1.807, 2.05) is 0 Å². The fourth-order valence-electron chi connectivity index (χ4n) is 2.88. The summed E-state index contributed by atoms with van der Waals surface area (Å²) in [6.07, 6.45) is 0.856. The lowest BCUT2D eigenvalue weighted by Crippen LogP contribution is -1.97. The van der Waals surface area contributed by atoms with E-state index in [-0.39, 0.29) is 5.38 Å². The molecule has 0 aliphatic carbocycles. The van der Waals surface area contributed by atoms with Gasteiger partial charge in [0.25, 0.3) is 0 Å². The van der Waals surface area contributed by atoms with Crippen molar-refractivity contribution in [3.8, 4) is 0 Å². The van der Waals surface area contributed by atoms with Crippen LogP contribution in [0.4, 0.5) is 0 Å². The lowest BCUT2D eigenvalue weighted by molar-refractivity contribution is 0.917. The highest BCUT2D eigenvalue weighted by Gasteiger charge is 2.10. The minimum absolute atomic E-state index is 0.0183. The fourth-order valence-corrected chi connectivity index (χ4v) is 3.19. The number of fused-ring (bicyclic) bond motifs is 1. The number of halogens is 1. The van der Waals surface area contributed by atoms with Crippen LogP contribution in [-0.2, 0) is 6.42 Å². The molecule has 0 bridgehead atoms. The molecule has 106 valence electrons. The van der Waals surface area contributed by atoms with Gasteiger partial charge in [-0.1, -0.05) is 71.8 Å². The normalized spacial score (nSPS) is 12.5.